The van der Waals surface area contributed by atoms with Crippen molar-refractivity contribution in [1.29, 1.82) is 0 Å². The maximum atomic E-state index is 13.2. The number of nitrogens with zero attached hydrogens (tertiary/aromatic N) is 2. The van der Waals surface area contributed by atoms with Crippen molar-refractivity contribution in [3.05, 3.63) is 59.0 Å². The van der Waals surface area contributed by atoms with Crippen molar-refractivity contribution >= 4 is 33.2 Å². The third-order valence-electron chi connectivity index (χ3n) is 8.88. The van der Waals surface area contributed by atoms with Crippen molar-refractivity contribution in [2.24, 2.45) is 5.92 Å². The van der Waals surface area contributed by atoms with E-state index >= 15 is 0 Å². The smallest absolute Gasteiger partial charge is 0.261 e. The molecule has 4 heterocycles. The van der Waals surface area contributed by atoms with Gasteiger partial charge in [0.05, 0.1) is 4.88 Å². The maximum Gasteiger partial charge on any atom is 0.261 e. The molecule has 39 heavy (non-hydrogen) atoms. The molecule has 6 rings (SSSR count). The lowest BCUT2D eigenvalue weighted by molar-refractivity contribution is 0.0590. The van der Waals surface area contributed by atoms with Crippen molar-refractivity contribution in [3.8, 4) is 11.1 Å². The number of fused-ring (bicyclic) bond motifs is 1. The van der Waals surface area contributed by atoms with Gasteiger partial charge in [-0.05, 0) is 111 Å². The summed E-state index contributed by atoms with van der Waals surface area (Å²) in [5, 5.41) is 7.61. The number of carbonyl (C=O) groups is 2. The lowest BCUT2D eigenvalue weighted by Gasteiger charge is -2.40. The number of hydrogen-bond donors (Lipinski definition) is 2. The number of piperidine rings is 3. The summed E-state index contributed by atoms with van der Waals surface area (Å²) in [5.74, 6) is 0.740. The van der Waals surface area contributed by atoms with Gasteiger partial charge in [0, 0.05) is 35.9 Å². The molecule has 6 nitrogen and oxygen atoms in total. The quantitative estimate of drug-likeness (QED) is 0.437. The molecule has 0 bridgehead atoms. The summed E-state index contributed by atoms with van der Waals surface area (Å²) in [7, 11) is 0. The van der Waals surface area contributed by atoms with Crippen LogP contribution in [0.5, 0.6) is 0 Å². The van der Waals surface area contributed by atoms with E-state index in [1.807, 2.05) is 23.1 Å². The average Bonchev–Trinajstić information content (AvgIpc) is 3.44. The summed E-state index contributed by atoms with van der Waals surface area (Å²) in [5.41, 5.74) is 2.95. The summed E-state index contributed by atoms with van der Waals surface area (Å²) >= 11 is 1.55. The SMILES string of the molecule is O=C(NCC1CCNCC1)c1cc2ccc(-c3ccc(C(=O)N4CCC(N5CCCCC5)CC4)cc3)cc2s1. The van der Waals surface area contributed by atoms with E-state index in [2.05, 4.69) is 45.9 Å². The van der Waals surface area contributed by atoms with Gasteiger partial charge in [0.25, 0.3) is 11.8 Å². The van der Waals surface area contributed by atoms with Crippen LogP contribution in [0.3, 0.4) is 0 Å². The number of likely N-dealkylation sites (tertiary alicyclic amines) is 2. The van der Waals surface area contributed by atoms with Gasteiger partial charge >= 0.3 is 0 Å². The zero-order valence-corrected chi connectivity index (χ0v) is 23.6. The molecule has 2 amide bonds. The predicted octanol–water partition coefficient (Wildman–Crippen LogP) is 5.39. The highest BCUT2D eigenvalue weighted by molar-refractivity contribution is 7.20. The van der Waals surface area contributed by atoms with E-state index in [1.165, 1.54) is 32.4 Å². The Morgan fingerprint density at radius 2 is 1.56 bits per heavy atom. The van der Waals surface area contributed by atoms with Gasteiger partial charge in [-0.2, -0.15) is 0 Å². The standard InChI is InChI=1S/C32H40N4O2S/c37-31(34-22-23-10-14-33-15-11-23)30-21-27-9-8-26(20-29(27)39-30)24-4-6-25(7-5-24)32(38)36-18-12-28(13-19-36)35-16-2-1-3-17-35/h4-9,20-21,23,28,33H,1-3,10-19,22H2,(H,34,37). The number of thiophene rings is 1. The second-order valence-corrected chi connectivity index (χ2v) is 12.5. The van der Waals surface area contributed by atoms with Gasteiger partial charge in [-0.25, -0.2) is 0 Å². The van der Waals surface area contributed by atoms with Crippen LogP contribution in [-0.4, -0.2) is 73.5 Å². The van der Waals surface area contributed by atoms with Gasteiger partial charge in [-0.15, -0.1) is 11.3 Å². The molecular weight excluding hydrogens is 504 g/mol. The van der Waals surface area contributed by atoms with Gasteiger partial charge in [-0.1, -0.05) is 30.7 Å². The molecule has 0 saturated carbocycles. The maximum absolute atomic E-state index is 13.2. The molecule has 3 aliphatic rings. The minimum Gasteiger partial charge on any atom is -0.351 e. The van der Waals surface area contributed by atoms with E-state index in [-0.39, 0.29) is 11.8 Å². The fourth-order valence-electron chi connectivity index (χ4n) is 6.44. The summed E-state index contributed by atoms with van der Waals surface area (Å²) in [6, 6.07) is 17.0. The summed E-state index contributed by atoms with van der Waals surface area (Å²) in [4.78, 5) is 31.4. The van der Waals surface area contributed by atoms with Crippen LogP contribution in [0, 0.1) is 5.92 Å². The summed E-state index contributed by atoms with van der Waals surface area (Å²) in [6.45, 7) is 6.99. The first-order chi connectivity index (χ1) is 19.1. The second-order valence-electron chi connectivity index (χ2n) is 11.5. The lowest BCUT2D eigenvalue weighted by Crippen LogP contribution is -2.48. The van der Waals surface area contributed by atoms with Crippen LogP contribution >= 0.6 is 11.3 Å². The first-order valence-corrected chi connectivity index (χ1v) is 15.6. The van der Waals surface area contributed by atoms with E-state index in [1.54, 1.807) is 11.3 Å². The normalized spacial score (nSPS) is 19.8. The van der Waals surface area contributed by atoms with Crippen LogP contribution in [0.4, 0.5) is 0 Å². The number of rotatable bonds is 6. The highest BCUT2D eigenvalue weighted by Gasteiger charge is 2.28. The number of carbonyl (C=O) groups excluding carboxylic acids is 2. The molecule has 0 spiro atoms. The number of hydrogen-bond acceptors (Lipinski definition) is 5. The van der Waals surface area contributed by atoms with Gasteiger partial charge in [0.1, 0.15) is 0 Å². The molecule has 206 valence electrons. The van der Waals surface area contributed by atoms with Crippen LogP contribution in [0.15, 0.2) is 48.5 Å². The van der Waals surface area contributed by atoms with Crippen LogP contribution in [0.2, 0.25) is 0 Å². The molecular formula is C32H40N4O2S. The van der Waals surface area contributed by atoms with Crippen molar-refractivity contribution in [2.75, 3.05) is 45.8 Å². The Morgan fingerprint density at radius 1 is 0.846 bits per heavy atom. The summed E-state index contributed by atoms with van der Waals surface area (Å²) in [6.07, 6.45) is 8.42. The molecule has 3 fully saturated rings. The fraction of sp³-hybridized carbons (Fsp3) is 0.500. The van der Waals surface area contributed by atoms with Crippen LogP contribution in [0.25, 0.3) is 21.2 Å². The third-order valence-corrected chi connectivity index (χ3v) is 9.97. The van der Waals surface area contributed by atoms with Gasteiger partial charge in [0.15, 0.2) is 0 Å². The topological polar surface area (TPSA) is 64.7 Å². The third kappa shape index (κ3) is 6.21. The molecule has 3 aliphatic heterocycles. The Morgan fingerprint density at radius 3 is 2.31 bits per heavy atom. The molecule has 0 atom stereocenters. The minimum atomic E-state index is 0.0270. The minimum absolute atomic E-state index is 0.0270. The number of amides is 2. The van der Waals surface area contributed by atoms with Crippen LogP contribution < -0.4 is 10.6 Å². The van der Waals surface area contributed by atoms with Crippen LogP contribution in [0.1, 0.15) is 65.0 Å². The molecule has 0 aliphatic carbocycles. The van der Waals surface area contributed by atoms with Gasteiger partial charge in [-0.3, -0.25) is 9.59 Å². The largest absolute Gasteiger partial charge is 0.351 e. The first kappa shape index (κ1) is 26.5. The van der Waals surface area contributed by atoms with E-state index in [0.717, 1.165) is 90.1 Å². The Kier molecular flexibility index (Phi) is 8.28. The van der Waals surface area contributed by atoms with Crippen molar-refractivity contribution in [2.45, 2.75) is 51.0 Å². The molecule has 0 unspecified atom stereocenters. The molecule has 2 N–H and O–H groups in total. The van der Waals surface area contributed by atoms with E-state index in [9.17, 15) is 9.59 Å². The molecule has 1 aromatic heterocycles. The highest BCUT2D eigenvalue weighted by atomic mass is 32.1. The van der Waals surface area contributed by atoms with Crippen molar-refractivity contribution in [1.82, 2.24) is 20.4 Å². The van der Waals surface area contributed by atoms with Crippen LogP contribution in [-0.2, 0) is 0 Å². The molecule has 3 saturated heterocycles. The molecule has 2 aromatic carbocycles. The zero-order valence-electron chi connectivity index (χ0n) is 22.8. The Bertz CT molecular complexity index is 1280. The van der Waals surface area contributed by atoms with E-state index < -0.39 is 0 Å². The fourth-order valence-corrected chi connectivity index (χ4v) is 7.46. The van der Waals surface area contributed by atoms with Gasteiger partial charge in [0.2, 0.25) is 0 Å². The van der Waals surface area contributed by atoms with E-state index in [4.69, 9.17) is 0 Å². The average molecular weight is 545 g/mol. The Hall–Kier alpha value is -2.74. The monoisotopic (exact) mass is 544 g/mol. The molecule has 7 heteroatoms. The van der Waals surface area contributed by atoms with E-state index in [0.29, 0.717) is 12.0 Å². The Balaban J connectivity index is 1.06. The zero-order chi connectivity index (χ0) is 26.6. The summed E-state index contributed by atoms with van der Waals surface area (Å²) < 4.78 is 1.11. The molecule has 3 aromatic rings. The molecule has 0 radical (unpaired) electrons. The first-order valence-electron chi connectivity index (χ1n) is 14.8. The Labute approximate surface area is 235 Å². The van der Waals surface area contributed by atoms with Gasteiger partial charge < -0.3 is 20.4 Å². The number of benzene rings is 2. The predicted molar refractivity (Wildman–Crippen MR) is 160 cm³/mol. The second kappa shape index (κ2) is 12.2. The lowest BCUT2D eigenvalue weighted by atomic mass is 9.98. The van der Waals surface area contributed by atoms with Crippen molar-refractivity contribution < 1.29 is 9.59 Å². The van der Waals surface area contributed by atoms with Crippen molar-refractivity contribution in [3.63, 3.8) is 0 Å². The highest BCUT2D eigenvalue weighted by Crippen LogP contribution is 2.31. The number of nitrogens with one attached hydrogen (secondary N) is 2.